The Hall–Kier alpha value is -0.120. The third-order valence-electron chi connectivity index (χ3n) is 9.09. The van der Waals surface area contributed by atoms with E-state index in [9.17, 15) is 0 Å². The number of nitrogens with zero attached hydrogens (tertiary/aromatic N) is 1. The lowest BCUT2D eigenvalue weighted by molar-refractivity contribution is 0.254. The molecule has 0 unspecified atom stereocenters. The summed E-state index contributed by atoms with van der Waals surface area (Å²) in [4.78, 5) is 2.82. The van der Waals surface area contributed by atoms with E-state index in [-0.39, 0.29) is 0 Å². The summed E-state index contributed by atoms with van der Waals surface area (Å²) in [5.74, 6) is 0. The van der Waals surface area contributed by atoms with E-state index < -0.39 is 0 Å². The number of aliphatic hydroxyl groups is 2. The van der Waals surface area contributed by atoms with Crippen molar-refractivity contribution >= 4 is 0 Å². The highest BCUT2D eigenvalue weighted by Crippen LogP contribution is 2.15. The van der Waals surface area contributed by atoms with E-state index in [0.29, 0.717) is 13.2 Å². The Morgan fingerprint density at radius 1 is 0.268 bits per heavy atom. The van der Waals surface area contributed by atoms with Gasteiger partial charge >= 0.3 is 0 Å². The molecule has 0 bridgehead atoms. The lowest BCUT2D eigenvalue weighted by atomic mass is 10.0. The van der Waals surface area contributed by atoms with Crippen LogP contribution in [-0.2, 0) is 0 Å². The van der Waals surface area contributed by atoms with Crippen molar-refractivity contribution in [1.29, 1.82) is 0 Å². The molecule has 0 aromatic carbocycles. The first-order chi connectivity index (χ1) is 20.3. The number of aliphatic hydroxyl groups excluding tert-OH is 2. The van der Waals surface area contributed by atoms with Crippen LogP contribution in [0.5, 0.6) is 0 Å². The predicted octanol–water partition coefficient (Wildman–Crippen LogP) is 11.8. The smallest absolute Gasteiger partial charge is 0.0431 e. The van der Waals surface area contributed by atoms with Crippen LogP contribution in [0.1, 0.15) is 212 Å². The molecule has 0 atom stereocenters. The molecule has 0 aliphatic rings. The van der Waals surface area contributed by atoms with Crippen LogP contribution in [0.25, 0.3) is 0 Å². The molecule has 3 heteroatoms. The average molecular weight is 582 g/mol. The van der Waals surface area contributed by atoms with Crippen molar-refractivity contribution in [3.8, 4) is 0 Å². The molecule has 0 heterocycles. The fourth-order valence-electron chi connectivity index (χ4n) is 6.23. The van der Waals surface area contributed by atoms with Crippen molar-refractivity contribution in [2.24, 2.45) is 0 Å². The Morgan fingerprint density at radius 2 is 0.463 bits per heavy atom. The average Bonchev–Trinajstić information content (AvgIpc) is 2.98. The molecule has 0 saturated carbocycles. The van der Waals surface area contributed by atoms with Crippen LogP contribution < -0.4 is 0 Å². The van der Waals surface area contributed by atoms with Gasteiger partial charge in [-0.25, -0.2) is 0 Å². The Morgan fingerprint density at radius 3 is 0.683 bits per heavy atom. The first-order valence-electron chi connectivity index (χ1n) is 19.3. The molecule has 0 spiro atoms. The molecular formula is C38H79NO2. The number of rotatable bonds is 37. The van der Waals surface area contributed by atoms with Crippen molar-refractivity contribution in [1.82, 2.24) is 4.90 Å². The zero-order valence-electron chi connectivity index (χ0n) is 28.5. The molecule has 41 heavy (non-hydrogen) atoms. The third-order valence-corrected chi connectivity index (χ3v) is 9.09. The minimum Gasteiger partial charge on any atom is -0.396 e. The molecule has 0 saturated heterocycles. The molecule has 2 N–H and O–H groups in total. The van der Waals surface area contributed by atoms with Crippen molar-refractivity contribution in [3.05, 3.63) is 0 Å². The van der Waals surface area contributed by atoms with Crippen molar-refractivity contribution < 1.29 is 10.2 Å². The van der Waals surface area contributed by atoms with Crippen molar-refractivity contribution in [2.75, 3.05) is 32.8 Å². The molecule has 0 fully saturated rings. The first kappa shape index (κ1) is 40.9. The molecule has 0 aromatic rings. The summed E-state index contributed by atoms with van der Waals surface area (Å²) < 4.78 is 0. The van der Waals surface area contributed by atoms with Crippen LogP contribution >= 0.6 is 0 Å². The normalized spacial score (nSPS) is 11.7. The SMILES string of the molecule is CCCCCCCCCCCCN(CCCCCCCCCCCCCO)CCCCCCCCCCCCCO. The summed E-state index contributed by atoms with van der Waals surface area (Å²) in [6, 6.07) is 0. The Labute approximate surface area is 260 Å². The van der Waals surface area contributed by atoms with Gasteiger partial charge < -0.3 is 15.1 Å². The molecule has 0 aliphatic heterocycles. The van der Waals surface area contributed by atoms with Gasteiger partial charge in [0.05, 0.1) is 0 Å². The Balaban J connectivity index is 3.88. The van der Waals surface area contributed by atoms with Gasteiger partial charge in [-0.3, -0.25) is 0 Å². The lowest BCUT2D eigenvalue weighted by Gasteiger charge is -2.22. The summed E-state index contributed by atoms with van der Waals surface area (Å²) in [6.45, 7) is 7.04. The van der Waals surface area contributed by atoms with Crippen LogP contribution in [0.15, 0.2) is 0 Å². The molecule has 0 aromatic heterocycles. The van der Waals surface area contributed by atoms with Gasteiger partial charge in [-0.15, -0.1) is 0 Å². The molecule has 248 valence electrons. The van der Waals surface area contributed by atoms with E-state index in [1.54, 1.807) is 0 Å². The zero-order valence-corrected chi connectivity index (χ0v) is 28.5. The molecule has 0 aliphatic carbocycles. The van der Waals surface area contributed by atoms with E-state index in [1.807, 2.05) is 0 Å². The highest BCUT2D eigenvalue weighted by atomic mass is 16.3. The maximum atomic E-state index is 8.87. The molecule has 0 radical (unpaired) electrons. The van der Waals surface area contributed by atoms with Crippen LogP contribution in [0.4, 0.5) is 0 Å². The van der Waals surface area contributed by atoms with Gasteiger partial charge in [0.1, 0.15) is 0 Å². The molecule has 3 nitrogen and oxygen atoms in total. The maximum Gasteiger partial charge on any atom is 0.0431 e. The Kier molecular flexibility index (Phi) is 37.8. The summed E-state index contributed by atoms with van der Waals surface area (Å²) in [5.41, 5.74) is 0. The first-order valence-corrected chi connectivity index (χ1v) is 19.3. The van der Waals surface area contributed by atoms with Gasteiger partial charge in [0.25, 0.3) is 0 Å². The van der Waals surface area contributed by atoms with Gasteiger partial charge in [0, 0.05) is 13.2 Å². The van der Waals surface area contributed by atoms with E-state index >= 15 is 0 Å². The lowest BCUT2D eigenvalue weighted by Crippen LogP contribution is -2.27. The highest BCUT2D eigenvalue weighted by Gasteiger charge is 2.05. The van der Waals surface area contributed by atoms with Crippen molar-refractivity contribution in [2.45, 2.75) is 212 Å². The van der Waals surface area contributed by atoms with E-state index in [1.165, 1.54) is 212 Å². The zero-order chi connectivity index (χ0) is 29.7. The second kappa shape index (κ2) is 37.9. The Bertz CT molecular complexity index is 416. The van der Waals surface area contributed by atoms with Gasteiger partial charge in [0.2, 0.25) is 0 Å². The summed E-state index contributed by atoms with van der Waals surface area (Å²) in [6.07, 6.45) is 43.9. The highest BCUT2D eigenvalue weighted by molar-refractivity contribution is 4.61. The predicted molar refractivity (Wildman–Crippen MR) is 184 cm³/mol. The minimum absolute atomic E-state index is 0.366. The van der Waals surface area contributed by atoms with Crippen LogP contribution in [0.3, 0.4) is 0 Å². The van der Waals surface area contributed by atoms with Crippen LogP contribution in [0.2, 0.25) is 0 Å². The van der Waals surface area contributed by atoms with E-state index in [2.05, 4.69) is 11.8 Å². The fraction of sp³-hybridized carbons (Fsp3) is 1.00. The molecule has 0 rings (SSSR count). The van der Waals surface area contributed by atoms with Gasteiger partial charge in [-0.05, 0) is 51.7 Å². The van der Waals surface area contributed by atoms with Gasteiger partial charge in [-0.1, -0.05) is 180 Å². The van der Waals surface area contributed by atoms with E-state index in [4.69, 9.17) is 10.2 Å². The van der Waals surface area contributed by atoms with Crippen molar-refractivity contribution in [3.63, 3.8) is 0 Å². The summed E-state index contributed by atoms with van der Waals surface area (Å²) >= 11 is 0. The second-order valence-electron chi connectivity index (χ2n) is 13.2. The topological polar surface area (TPSA) is 43.7 Å². The fourth-order valence-corrected chi connectivity index (χ4v) is 6.23. The number of hydrogen-bond acceptors (Lipinski definition) is 3. The standard InChI is InChI=1S/C38H79NO2/c1-2-3-4-5-6-7-14-19-24-29-34-39(35-30-25-20-15-10-8-12-17-22-27-32-37-40)36-31-26-21-16-11-9-13-18-23-28-33-38-41/h40-41H,2-38H2,1H3. The second-order valence-corrected chi connectivity index (χ2v) is 13.2. The summed E-state index contributed by atoms with van der Waals surface area (Å²) in [7, 11) is 0. The monoisotopic (exact) mass is 582 g/mol. The van der Waals surface area contributed by atoms with Gasteiger partial charge in [0.15, 0.2) is 0 Å². The summed E-state index contributed by atoms with van der Waals surface area (Å²) in [5, 5.41) is 17.7. The van der Waals surface area contributed by atoms with Crippen LogP contribution in [-0.4, -0.2) is 48.0 Å². The van der Waals surface area contributed by atoms with E-state index in [0.717, 1.165) is 12.8 Å². The number of unbranched alkanes of at least 4 members (excludes halogenated alkanes) is 29. The van der Waals surface area contributed by atoms with Crippen LogP contribution in [0, 0.1) is 0 Å². The number of hydrogen-bond donors (Lipinski definition) is 2. The third kappa shape index (κ3) is 36.0. The maximum absolute atomic E-state index is 8.87. The quantitative estimate of drug-likeness (QED) is 0.0717. The molecular weight excluding hydrogens is 502 g/mol. The largest absolute Gasteiger partial charge is 0.396 e. The molecule has 0 amide bonds. The minimum atomic E-state index is 0.366. The van der Waals surface area contributed by atoms with Gasteiger partial charge in [-0.2, -0.15) is 0 Å².